The second kappa shape index (κ2) is 6.27. The van der Waals surface area contributed by atoms with Crippen LogP contribution in [0.1, 0.15) is 39.0 Å². The Bertz CT molecular complexity index is 449. The van der Waals surface area contributed by atoms with Crippen LogP contribution < -0.4 is 9.64 Å². The molecule has 4 heteroatoms. The molecule has 1 aromatic rings. The van der Waals surface area contributed by atoms with Crippen molar-refractivity contribution in [3.05, 3.63) is 24.3 Å². The molecule has 1 N–H and O–H groups in total. The summed E-state index contributed by atoms with van der Waals surface area (Å²) < 4.78 is 5.69. The highest BCUT2D eigenvalue weighted by molar-refractivity contribution is 5.90. The zero-order valence-corrected chi connectivity index (χ0v) is 12.3. The van der Waals surface area contributed by atoms with Crippen molar-refractivity contribution < 1.29 is 14.6 Å². The molecule has 0 aromatic heterocycles. The fourth-order valence-corrected chi connectivity index (χ4v) is 2.52. The molecule has 0 aliphatic heterocycles. The molecule has 1 aliphatic carbocycles. The predicted octanol–water partition coefficient (Wildman–Crippen LogP) is 2.74. The van der Waals surface area contributed by atoms with Crippen molar-refractivity contribution in [2.75, 3.05) is 18.6 Å². The second-order valence-electron chi connectivity index (χ2n) is 5.65. The van der Waals surface area contributed by atoms with Gasteiger partial charge in [-0.05, 0) is 37.1 Å². The van der Waals surface area contributed by atoms with Crippen molar-refractivity contribution in [2.24, 2.45) is 0 Å². The molecule has 1 aromatic carbocycles. The van der Waals surface area contributed by atoms with E-state index in [-0.39, 0.29) is 5.91 Å². The summed E-state index contributed by atoms with van der Waals surface area (Å²) in [6.45, 7) is 1.87. The lowest BCUT2D eigenvalue weighted by molar-refractivity contribution is -0.116. The highest BCUT2D eigenvalue weighted by Crippen LogP contribution is 2.29. The van der Waals surface area contributed by atoms with Crippen LogP contribution in [0.15, 0.2) is 24.3 Å². The summed E-state index contributed by atoms with van der Waals surface area (Å²) in [6, 6.07) is 7.37. The highest BCUT2D eigenvalue weighted by Gasteiger charge is 2.29. The Hall–Kier alpha value is -1.55. The fraction of sp³-hybridized carbons (Fsp3) is 0.562. The van der Waals surface area contributed by atoms with Gasteiger partial charge in [-0.25, -0.2) is 0 Å². The summed E-state index contributed by atoms with van der Waals surface area (Å²) in [5.41, 5.74) is 0.161. The van der Waals surface area contributed by atoms with E-state index < -0.39 is 5.60 Å². The van der Waals surface area contributed by atoms with Gasteiger partial charge in [-0.15, -0.1) is 0 Å². The highest BCUT2D eigenvalue weighted by atomic mass is 16.5. The predicted molar refractivity (Wildman–Crippen MR) is 79.1 cm³/mol. The van der Waals surface area contributed by atoms with Crippen molar-refractivity contribution in [1.29, 1.82) is 0 Å². The van der Waals surface area contributed by atoms with Crippen LogP contribution in [-0.2, 0) is 4.79 Å². The second-order valence-corrected chi connectivity index (χ2v) is 5.65. The monoisotopic (exact) mass is 277 g/mol. The van der Waals surface area contributed by atoms with Gasteiger partial charge in [-0.1, -0.05) is 19.3 Å². The zero-order chi connectivity index (χ0) is 14.6. The number of anilines is 1. The molecule has 110 valence electrons. The van der Waals surface area contributed by atoms with Gasteiger partial charge in [0.2, 0.25) is 5.91 Å². The fourth-order valence-electron chi connectivity index (χ4n) is 2.52. The van der Waals surface area contributed by atoms with Crippen molar-refractivity contribution >= 4 is 11.6 Å². The molecule has 0 radical (unpaired) electrons. The SMILES string of the molecule is CC(=O)N(C)c1ccc(OCC2(O)CCCCC2)cc1. The summed E-state index contributed by atoms with van der Waals surface area (Å²) in [4.78, 5) is 12.8. The van der Waals surface area contributed by atoms with Crippen LogP contribution in [0.3, 0.4) is 0 Å². The third-order valence-electron chi connectivity index (χ3n) is 3.99. The molecule has 4 nitrogen and oxygen atoms in total. The number of nitrogens with zero attached hydrogens (tertiary/aromatic N) is 1. The molecule has 1 aliphatic rings. The number of rotatable bonds is 4. The normalized spacial score (nSPS) is 17.6. The number of amides is 1. The average Bonchev–Trinajstić information content (AvgIpc) is 2.46. The van der Waals surface area contributed by atoms with E-state index in [1.165, 1.54) is 13.3 Å². The van der Waals surface area contributed by atoms with Gasteiger partial charge in [0.1, 0.15) is 12.4 Å². The average molecular weight is 277 g/mol. The topological polar surface area (TPSA) is 49.8 Å². The van der Waals surface area contributed by atoms with E-state index in [1.54, 1.807) is 11.9 Å². The quantitative estimate of drug-likeness (QED) is 0.920. The van der Waals surface area contributed by atoms with Gasteiger partial charge in [-0.3, -0.25) is 4.79 Å². The Morgan fingerprint density at radius 2 is 1.85 bits per heavy atom. The molecule has 0 saturated heterocycles. The first-order valence-electron chi connectivity index (χ1n) is 7.20. The Morgan fingerprint density at radius 3 is 2.40 bits per heavy atom. The summed E-state index contributed by atoms with van der Waals surface area (Å²) >= 11 is 0. The molecule has 0 spiro atoms. The van der Waals surface area contributed by atoms with Gasteiger partial charge < -0.3 is 14.7 Å². The summed E-state index contributed by atoms with van der Waals surface area (Å²) in [6.07, 6.45) is 4.98. The first kappa shape index (κ1) is 14.9. The van der Waals surface area contributed by atoms with Crippen molar-refractivity contribution in [3.63, 3.8) is 0 Å². The molecule has 1 amide bonds. The van der Waals surface area contributed by atoms with Crippen molar-refractivity contribution in [3.8, 4) is 5.75 Å². The van der Waals surface area contributed by atoms with Crippen molar-refractivity contribution in [2.45, 2.75) is 44.6 Å². The van der Waals surface area contributed by atoms with Crippen LogP contribution in [0.4, 0.5) is 5.69 Å². The van der Waals surface area contributed by atoms with Crippen LogP contribution in [0.5, 0.6) is 5.75 Å². The van der Waals surface area contributed by atoms with Crippen LogP contribution in [-0.4, -0.2) is 30.3 Å². The number of aliphatic hydroxyl groups is 1. The lowest BCUT2D eigenvalue weighted by atomic mass is 9.85. The Labute approximate surface area is 120 Å². The summed E-state index contributed by atoms with van der Waals surface area (Å²) in [7, 11) is 1.74. The van der Waals surface area contributed by atoms with Crippen LogP contribution >= 0.6 is 0 Å². The molecule has 0 unspecified atom stereocenters. The lowest BCUT2D eigenvalue weighted by Gasteiger charge is -2.31. The molecule has 1 fully saturated rings. The largest absolute Gasteiger partial charge is 0.491 e. The number of hydrogen-bond acceptors (Lipinski definition) is 3. The molecule has 0 bridgehead atoms. The van der Waals surface area contributed by atoms with E-state index in [0.717, 1.165) is 37.1 Å². The number of benzene rings is 1. The van der Waals surface area contributed by atoms with Gasteiger partial charge in [0.25, 0.3) is 0 Å². The van der Waals surface area contributed by atoms with Crippen LogP contribution in [0, 0.1) is 0 Å². The molecule has 2 rings (SSSR count). The molecular weight excluding hydrogens is 254 g/mol. The molecule has 20 heavy (non-hydrogen) atoms. The zero-order valence-electron chi connectivity index (χ0n) is 12.3. The van der Waals surface area contributed by atoms with Gasteiger partial charge in [0.15, 0.2) is 0 Å². The number of ether oxygens (including phenoxy) is 1. The number of carbonyl (C=O) groups is 1. The third-order valence-corrected chi connectivity index (χ3v) is 3.99. The first-order valence-corrected chi connectivity index (χ1v) is 7.20. The van der Waals surface area contributed by atoms with Crippen LogP contribution in [0.2, 0.25) is 0 Å². The maximum Gasteiger partial charge on any atom is 0.223 e. The Morgan fingerprint density at radius 1 is 1.25 bits per heavy atom. The Kier molecular flexibility index (Phi) is 4.65. The molecular formula is C16H23NO3. The van der Waals surface area contributed by atoms with E-state index in [0.29, 0.717) is 6.61 Å². The third kappa shape index (κ3) is 3.73. The first-order chi connectivity index (χ1) is 9.50. The molecule has 1 saturated carbocycles. The smallest absolute Gasteiger partial charge is 0.223 e. The van der Waals surface area contributed by atoms with E-state index in [9.17, 15) is 9.90 Å². The van der Waals surface area contributed by atoms with Gasteiger partial charge >= 0.3 is 0 Å². The minimum absolute atomic E-state index is 0.00446. The van der Waals surface area contributed by atoms with Gasteiger partial charge in [0.05, 0.1) is 5.60 Å². The lowest BCUT2D eigenvalue weighted by Crippen LogP contribution is -2.37. The molecule has 0 atom stereocenters. The number of carbonyl (C=O) groups excluding carboxylic acids is 1. The van der Waals surface area contributed by atoms with Crippen molar-refractivity contribution in [1.82, 2.24) is 0 Å². The van der Waals surface area contributed by atoms with E-state index in [4.69, 9.17) is 4.74 Å². The van der Waals surface area contributed by atoms with Crippen LogP contribution in [0.25, 0.3) is 0 Å². The number of hydrogen-bond donors (Lipinski definition) is 1. The summed E-state index contributed by atoms with van der Waals surface area (Å²) in [5, 5.41) is 10.4. The summed E-state index contributed by atoms with van der Waals surface area (Å²) in [5.74, 6) is 0.722. The van der Waals surface area contributed by atoms with Gasteiger partial charge in [-0.2, -0.15) is 0 Å². The molecule has 0 heterocycles. The minimum atomic E-state index is -0.674. The maximum absolute atomic E-state index is 11.3. The maximum atomic E-state index is 11.3. The van der Waals surface area contributed by atoms with E-state index >= 15 is 0 Å². The Balaban J connectivity index is 1.92. The minimum Gasteiger partial charge on any atom is -0.491 e. The standard InChI is InChI=1S/C16H23NO3/c1-13(18)17(2)14-6-8-15(9-7-14)20-12-16(19)10-4-3-5-11-16/h6-9,19H,3-5,10-12H2,1-2H3. The van der Waals surface area contributed by atoms with E-state index in [2.05, 4.69) is 0 Å². The van der Waals surface area contributed by atoms with E-state index in [1.807, 2.05) is 24.3 Å². The van der Waals surface area contributed by atoms with Gasteiger partial charge in [0, 0.05) is 19.7 Å².